The molecule has 4 amide bonds. The summed E-state index contributed by atoms with van der Waals surface area (Å²) in [4.78, 5) is 93.0. The van der Waals surface area contributed by atoms with Crippen LogP contribution >= 0.6 is 11.6 Å². The van der Waals surface area contributed by atoms with Crippen molar-refractivity contribution in [2.24, 2.45) is 5.92 Å². The molecular weight excluding hydrogens is 790 g/mol. The van der Waals surface area contributed by atoms with Crippen LogP contribution in [0.1, 0.15) is 79.6 Å². The van der Waals surface area contributed by atoms with Crippen LogP contribution in [0.3, 0.4) is 0 Å². The number of hydrogen-bond donors (Lipinski definition) is 2. The molecule has 17 heteroatoms. The number of aromatic nitrogens is 3. The number of carbonyl (C=O) groups is 5. The largest absolute Gasteiger partial charge is 0.480 e. The molecule has 0 bridgehead atoms. The highest BCUT2D eigenvalue weighted by Crippen LogP contribution is 2.33. The Hall–Kier alpha value is -5.87. The molecule has 8 rings (SSSR count). The number of pyridine rings is 1. The van der Waals surface area contributed by atoms with Crippen LogP contribution in [0.2, 0.25) is 5.02 Å². The molecule has 4 aliphatic heterocycles. The molecule has 2 aromatic heterocycles. The molecule has 60 heavy (non-hydrogen) atoms. The number of ketones is 1. The Morgan fingerprint density at radius 3 is 2.38 bits per heavy atom. The van der Waals surface area contributed by atoms with Gasteiger partial charge < -0.3 is 24.4 Å². The Kier molecular flexibility index (Phi) is 11.6. The molecule has 314 valence electrons. The number of piperidine rings is 2. The molecule has 0 aliphatic carbocycles. The third-order valence-electron chi connectivity index (χ3n) is 11.9. The summed E-state index contributed by atoms with van der Waals surface area (Å²) in [5.74, 6) is -0.426. The maximum absolute atomic E-state index is 13.4. The van der Waals surface area contributed by atoms with E-state index in [0.29, 0.717) is 40.4 Å². The van der Waals surface area contributed by atoms with Crippen molar-refractivity contribution < 1.29 is 28.7 Å². The lowest BCUT2D eigenvalue weighted by Crippen LogP contribution is -2.54. The first-order valence-corrected chi connectivity index (χ1v) is 21.0. The molecule has 3 saturated heterocycles. The molecule has 2 aromatic carbocycles. The second-order valence-electron chi connectivity index (χ2n) is 16.1. The third kappa shape index (κ3) is 8.17. The molecule has 0 radical (unpaired) electrons. The van der Waals surface area contributed by atoms with Crippen LogP contribution in [0, 0.1) is 5.92 Å². The number of piperazine rings is 1. The van der Waals surface area contributed by atoms with Crippen molar-refractivity contribution >= 4 is 75.1 Å². The lowest BCUT2D eigenvalue weighted by atomic mass is 9.95. The van der Waals surface area contributed by atoms with Crippen LogP contribution in [0.15, 0.2) is 53.5 Å². The number of carbonyl (C=O) groups excluding carboxylic acids is 5. The van der Waals surface area contributed by atoms with E-state index in [0.717, 1.165) is 80.1 Å². The predicted octanol–water partition coefficient (Wildman–Crippen LogP) is 4.57. The van der Waals surface area contributed by atoms with Crippen molar-refractivity contribution in [3.63, 3.8) is 0 Å². The zero-order valence-electron chi connectivity index (χ0n) is 33.9. The second-order valence-corrected chi connectivity index (χ2v) is 16.5. The summed E-state index contributed by atoms with van der Waals surface area (Å²) in [5.41, 5.74) is 2.63. The Bertz CT molecular complexity index is 2440. The third-order valence-corrected chi connectivity index (χ3v) is 12.1. The van der Waals surface area contributed by atoms with Crippen molar-refractivity contribution in [2.45, 2.75) is 65.0 Å². The number of benzene rings is 2. The fourth-order valence-corrected chi connectivity index (χ4v) is 8.67. The lowest BCUT2D eigenvalue weighted by molar-refractivity contribution is -0.136. The normalized spacial score (nSPS) is 19.0. The van der Waals surface area contributed by atoms with E-state index in [1.54, 1.807) is 35.9 Å². The minimum absolute atomic E-state index is 0.0829. The number of halogens is 1. The molecule has 1 unspecified atom stereocenters. The van der Waals surface area contributed by atoms with Gasteiger partial charge in [0.25, 0.3) is 17.4 Å². The fraction of sp³-hybridized carbons (Fsp3) is 0.442. The van der Waals surface area contributed by atoms with Crippen LogP contribution in [0.4, 0.5) is 23.1 Å². The van der Waals surface area contributed by atoms with E-state index in [1.807, 2.05) is 38.1 Å². The van der Waals surface area contributed by atoms with E-state index in [9.17, 15) is 28.8 Å². The Balaban J connectivity index is 0.854. The summed E-state index contributed by atoms with van der Waals surface area (Å²) in [6, 6.07) is 11.5. The maximum atomic E-state index is 13.4. The number of nitrogens with one attached hydrogen (secondary N) is 2. The number of anilines is 4. The number of ether oxygens (including phenoxy) is 1. The van der Waals surface area contributed by atoms with Crippen LogP contribution in [0.5, 0.6) is 5.75 Å². The van der Waals surface area contributed by atoms with Crippen LogP contribution in [-0.4, -0.2) is 112 Å². The van der Waals surface area contributed by atoms with Gasteiger partial charge in [-0.1, -0.05) is 18.5 Å². The number of rotatable bonds is 12. The van der Waals surface area contributed by atoms with Gasteiger partial charge >= 0.3 is 0 Å². The first kappa shape index (κ1) is 40.9. The highest BCUT2D eigenvalue weighted by atomic mass is 35.5. The SMILES string of the molecule is CCC(=O)COc1cc2cc(Nc3nc(N4CCN(CC5CCN(c6ccc7c(c6)C(=O)N(C6CCC(=O)NC6=O)C7=O)CC5)CC4)ncc3Cl)ccc2n(C(C)C)c1=O. The lowest BCUT2D eigenvalue weighted by Gasteiger charge is -2.39. The van der Waals surface area contributed by atoms with Gasteiger partial charge in [-0.05, 0) is 81.5 Å². The van der Waals surface area contributed by atoms with Crippen LogP contribution in [-0.2, 0) is 14.4 Å². The van der Waals surface area contributed by atoms with Crippen molar-refractivity contribution in [3.8, 4) is 5.75 Å². The van der Waals surface area contributed by atoms with Gasteiger partial charge in [0.1, 0.15) is 17.7 Å². The number of fused-ring (bicyclic) bond motifs is 2. The average molecular weight is 838 g/mol. The highest BCUT2D eigenvalue weighted by Gasteiger charge is 2.45. The van der Waals surface area contributed by atoms with E-state index in [2.05, 4.69) is 30.3 Å². The molecule has 0 saturated carbocycles. The van der Waals surface area contributed by atoms with E-state index in [1.165, 1.54) is 0 Å². The van der Waals surface area contributed by atoms with Crippen LogP contribution < -0.4 is 30.7 Å². The minimum Gasteiger partial charge on any atom is -0.480 e. The maximum Gasteiger partial charge on any atom is 0.293 e. The van der Waals surface area contributed by atoms with Crippen molar-refractivity contribution in [2.75, 3.05) is 67.5 Å². The zero-order chi connectivity index (χ0) is 42.2. The molecule has 3 fully saturated rings. The summed E-state index contributed by atoms with van der Waals surface area (Å²) in [7, 11) is 0. The van der Waals surface area contributed by atoms with Gasteiger partial charge in [-0.2, -0.15) is 4.98 Å². The van der Waals surface area contributed by atoms with Crippen molar-refractivity contribution in [3.05, 3.63) is 75.2 Å². The first-order chi connectivity index (χ1) is 28.9. The molecule has 16 nitrogen and oxygen atoms in total. The number of Topliss-reactive ketones (excluding diaryl/α,β-unsaturated/α-hetero) is 1. The summed E-state index contributed by atoms with van der Waals surface area (Å²) in [5, 5.41) is 6.70. The fourth-order valence-electron chi connectivity index (χ4n) is 8.53. The standard InChI is InChI=1S/C43H48ClN9O7/c1-4-30(54)24-60-36-20-27-19-28(5-8-34(27)52(25(2)3)42(36)59)46-38-33(44)22-45-43(48-38)51-17-15-49(16-18-51)23-26-11-13-50(14-12-26)29-6-7-31-32(21-29)41(58)53(40(31)57)35-9-10-37(55)47-39(35)56/h5-8,19-22,25-26,35H,4,9-18,23-24H2,1-3H3,(H,45,46,48)(H,47,55,56). The van der Waals surface area contributed by atoms with Crippen molar-refractivity contribution in [1.82, 2.24) is 29.7 Å². The number of hydrogen-bond acceptors (Lipinski definition) is 13. The molecule has 6 heterocycles. The highest BCUT2D eigenvalue weighted by molar-refractivity contribution is 6.33. The smallest absolute Gasteiger partial charge is 0.293 e. The monoisotopic (exact) mass is 837 g/mol. The van der Waals surface area contributed by atoms with E-state index >= 15 is 0 Å². The number of nitrogens with zero attached hydrogens (tertiary/aromatic N) is 7. The topological polar surface area (TPSA) is 179 Å². The van der Waals surface area contributed by atoms with Gasteiger partial charge in [-0.25, -0.2) is 4.98 Å². The second kappa shape index (κ2) is 17.0. The molecule has 2 N–H and O–H groups in total. The quantitative estimate of drug-likeness (QED) is 0.190. The number of imide groups is 2. The summed E-state index contributed by atoms with van der Waals surface area (Å²) in [6.07, 6.45) is 4.11. The Morgan fingerprint density at radius 1 is 0.917 bits per heavy atom. The Morgan fingerprint density at radius 2 is 1.67 bits per heavy atom. The molecule has 4 aromatic rings. The van der Waals surface area contributed by atoms with Gasteiger partial charge in [0.15, 0.2) is 17.4 Å². The summed E-state index contributed by atoms with van der Waals surface area (Å²) >= 11 is 6.59. The molecule has 4 aliphatic rings. The predicted molar refractivity (Wildman–Crippen MR) is 226 cm³/mol. The zero-order valence-corrected chi connectivity index (χ0v) is 34.7. The van der Waals surface area contributed by atoms with Gasteiger partial charge in [0.2, 0.25) is 17.8 Å². The van der Waals surface area contributed by atoms with Gasteiger partial charge in [-0.3, -0.25) is 43.9 Å². The van der Waals surface area contributed by atoms with Gasteiger partial charge in [-0.15, -0.1) is 0 Å². The van der Waals surface area contributed by atoms with Gasteiger partial charge in [0, 0.05) is 81.5 Å². The van der Waals surface area contributed by atoms with Gasteiger partial charge in [0.05, 0.1) is 22.8 Å². The number of amides is 4. The Labute approximate surface area is 351 Å². The van der Waals surface area contributed by atoms with Crippen LogP contribution in [0.25, 0.3) is 10.9 Å². The minimum atomic E-state index is -0.984. The van der Waals surface area contributed by atoms with E-state index in [-0.39, 0.29) is 48.1 Å². The van der Waals surface area contributed by atoms with Crippen molar-refractivity contribution in [1.29, 1.82) is 0 Å². The van der Waals surface area contributed by atoms with E-state index < -0.39 is 29.7 Å². The molecule has 0 spiro atoms. The molecular formula is C43H48ClN9O7. The average Bonchev–Trinajstić information content (AvgIpc) is 3.48. The van der Waals surface area contributed by atoms with E-state index in [4.69, 9.17) is 21.3 Å². The molecule has 1 atom stereocenters. The summed E-state index contributed by atoms with van der Waals surface area (Å²) < 4.78 is 7.33. The first-order valence-electron chi connectivity index (χ1n) is 20.6. The summed E-state index contributed by atoms with van der Waals surface area (Å²) in [6.45, 7) is 11.3.